The molecular weight excluding hydrogens is 493 g/mol. The molecule has 4 aliphatic rings. The van der Waals surface area contributed by atoms with Gasteiger partial charge in [0.25, 0.3) is 5.91 Å². The van der Waals surface area contributed by atoms with Crippen LogP contribution in [0.2, 0.25) is 0 Å². The van der Waals surface area contributed by atoms with Gasteiger partial charge in [0.1, 0.15) is 22.9 Å². The molecule has 1 aliphatic carbocycles. The number of benzene rings is 2. The molecular formula is C30H30FN7O. The number of carbonyl (C=O) groups excluding carboxylic acids is 1. The van der Waals surface area contributed by atoms with Gasteiger partial charge in [-0.2, -0.15) is 5.10 Å². The minimum Gasteiger partial charge on any atom is -0.338 e. The van der Waals surface area contributed by atoms with Crippen LogP contribution in [0.4, 0.5) is 21.7 Å². The highest BCUT2D eigenvalue weighted by Gasteiger charge is 2.49. The number of fused-ring (bicyclic) bond motifs is 5. The predicted molar refractivity (Wildman–Crippen MR) is 151 cm³/mol. The lowest BCUT2D eigenvalue weighted by Crippen LogP contribution is -2.52. The summed E-state index contributed by atoms with van der Waals surface area (Å²) in [6.07, 6.45) is 5.40. The molecule has 7 rings (SSSR count). The minimum atomic E-state index is -0.270. The third-order valence-corrected chi connectivity index (χ3v) is 8.05. The zero-order valence-corrected chi connectivity index (χ0v) is 22.0. The van der Waals surface area contributed by atoms with Gasteiger partial charge in [-0.05, 0) is 56.4 Å². The Morgan fingerprint density at radius 2 is 1.85 bits per heavy atom. The Bertz CT molecular complexity index is 1540. The van der Waals surface area contributed by atoms with Gasteiger partial charge >= 0.3 is 0 Å². The molecule has 8 nitrogen and oxygen atoms in total. The highest BCUT2D eigenvalue weighted by Crippen LogP contribution is 2.43. The number of nitrogens with zero attached hydrogens (tertiary/aromatic N) is 6. The predicted octanol–water partition coefficient (Wildman–Crippen LogP) is 5.29. The molecule has 1 unspecified atom stereocenters. The summed E-state index contributed by atoms with van der Waals surface area (Å²) in [6, 6.07) is 18.0. The van der Waals surface area contributed by atoms with Crippen LogP contribution in [0.3, 0.4) is 0 Å². The first-order valence-electron chi connectivity index (χ1n) is 13.6. The number of aromatic nitrogens is 2. The summed E-state index contributed by atoms with van der Waals surface area (Å²) in [5, 5.41) is 8.32. The first-order chi connectivity index (χ1) is 19.0. The second kappa shape index (κ2) is 9.18. The van der Waals surface area contributed by atoms with E-state index in [-0.39, 0.29) is 29.9 Å². The number of halogens is 1. The largest absolute Gasteiger partial charge is 0.338 e. The molecule has 0 saturated heterocycles. The van der Waals surface area contributed by atoms with E-state index in [0.29, 0.717) is 36.0 Å². The Morgan fingerprint density at radius 1 is 1.05 bits per heavy atom. The van der Waals surface area contributed by atoms with Crippen LogP contribution in [0.5, 0.6) is 0 Å². The van der Waals surface area contributed by atoms with Crippen LogP contribution in [-0.4, -0.2) is 57.4 Å². The van der Waals surface area contributed by atoms with Gasteiger partial charge in [0.05, 0.1) is 24.7 Å². The van der Waals surface area contributed by atoms with E-state index in [1.165, 1.54) is 0 Å². The molecule has 4 heterocycles. The van der Waals surface area contributed by atoms with Crippen molar-refractivity contribution < 1.29 is 9.18 Å². The Kier molecular flexibility index (Phi) is 5.61. The second-order valence-electron chi connectivity index (χ2n) is 10.7. The summed E-state index contributed by atoms with van der Waals surface area (Å²) in [6.45, 7) is 2.45. The lowest BCUT2D eigenvalue weighted by molar-refractivity contribution is 0.0865. The third-order valence-electron chi connectivity index (χ3n) is 8.05. The zero-order valence-electron chi connectivity index (χ0n) is 22.0. The maximum absolute atomic E-state index is 14.5. The van der Waals surface area contributed by atoms with Gasteiger partial charge in [-0.15, -0.1) is 0 Å². The van der Waals surface area contributed by atoms with Gasteiger partial charge in [0.2, 0.25) is 5.96 Å². The molecule has 0 spiro atoms. The fourth-order valence-electron chi connectivity index (χ4n) is 6.10. The molecule has 1 saturated carbocycles. The molecule has 3 atom stereocenters. The maximum atomic E-state index is 14.5. The van der Waals surface area contributed by atoms with E-state index >= 15 is 0 Å². The number of rotatable bonds is 5. The number of amides is 1. The Labute approximate surface area is 226 Å². The molecule has 3 aliphatic heterocycles. The average molecular weight is 524 g/mol. The maximum Gasteiger partial charge on any atom is 0.267 e. The molecule has 3 aromatic rings. The van der Waals surface area contributed by atoms with E-state index in [4.69, 9.17) is 10.1 Å². The third kappa shape index (κ3) is 3.95. The van der Waals surface area contributed by atoms with Crippen molar-refractivity contribution >= 4 is 34.9 Å². The topological polar surface area (TPSA) is 78.1 Å². The number of allylic oxidation sites excluding steroid dienone is 1. The molecule has 1 fully saturated rings. The van der Waals surface area contributed by atoms with Crippen molar-refractivity contribution in [3.8, 4) is 0 Å². The zero-order chi connectivity index (χ0) is 26.7. The fraction of sp³-hybridized carbons (Fsp3) is 0.333. The minimum absolute atomic E-state index is 0.0664. The molecule has 198 valence electrons. The molecule has 2 aromatic carbocycles. The number of nitrogens with one attached hydrogen (secondary N) is 1. The summed E-state index contributed by atoms with van der Waals surface area (Å²) in [5.74, 6) is 1.63. The number of dihydropyridines is 1. The molecule has 0 radical (unpaired) electrons. The van der Waals surface area contributed by atoms with Gasteiger partial charge < -0.3 is 5.32 Å². The van der Waals surface area contributed by atoms with Crippen LogP contribution in [0.15, 0.2) is 76.5 Å². The molecule has 1 N–H and O–H groups in total. The average Bonchev–Trinajstić information content (AvgIpc) is 3.63. The van der Waals surface area contributed by atoms with E-state index < -0.39 is 0 Å². The van der Waals surface area contributed by atoms with Gasteiger partial charge in [-0.1, -0.05) is 42.5 Å². The lowest BCUT2D eigenvalue weighted by Gasteiger charge is -2.35. The Hall–Kier alpha value is -4.27. The first-order valence-corrected chi connectivity index (χ1v) is 13.6. The normalized spacial score (nSPS) is 23.6. The number of para-hydroxylation sites is 1. The van der Waals surface area contributed by atoms with Crippen LogP contribution in [0.25, 0.3) is 0 Å². The van der Waals surface area contributed by atoms with Crippen molar-refractivity contribution in [1.29, 1.82) is 0 Å². The summed E-state index contributed by atoms with van der Waals surface area (Å²) in [7, 11) is 1.79. The quantitative estimate of drug-likeness (QED) is 0.493. The van der Waals surface area contributed by atoms with Crippen LogP contribution in [0.1, 0.15) is 54.1 Å². The van der Waals surface area contributed by atoms with Gasteiger partial charge in [0, 0.05) is 18.3 Å². The van der Waals surface area contributed by atoms with Crippen LogP contribution >= 0.6 is 0 Å². The fourth-order valence-corrected chi connectivity index (χ4v) is 6.10. The van der Waals surface area contributed by atoms with Crippen molar-refractivity contribution in [2.45, 2.75) is 57.3 Å². The first kappa shape index (κ1) is 23.8. The van der Waals surface area contributed by atoms with Crippen molar-refractivity contribution in [2.75, 3.05) is 17.3 Å². The van der Waals surface area contributed by atoms with Crippen LogP contribution < -0.4 is 10.2 Å². The van der Waals surface area contributed by atoms with Crippen molar-refractivity contribution in [2.24, 2.45) is 9.98 Å². The van der Waals surface area contributed by atoms with E-state index in [0.717, 1.165) is 41.9 Å². The van der Waals surface area contributed by atoms with Crippen molar-refractivity contribution in [1.82, 2.24) is 14.7 Å². The molecule has 1 amide bonds. The summed E-state index contributed by atoms with van der Waals surface area (Å²) in [4.78, 5) is 27.1. The highest BCUT2D eigenvalue weighted by molar-refractivity contribution is 6.21. The highest BCUT2D eigenvalue weighted by atomic mass is 19.1. The Balaban J connectivity index is 1.28. The van der Waals surface area contributed by atoms with E-state index in [9.17, 15) is 9.18 Å². The monoisotopic (exact) mass is 523 g/mol. The van der Waals surface area contributed by atoms with E-state index in [2.05, 4.69) is 15.2 Å². The number of carbonyl (C=O) groups is 1. The SMILES string of the molecule is CC1CC=C(F)C(c2ccc(Cn3nc(Nc4ccccc4)c4c3N3C(=N[C@@H]5CCC[C@@H]53)N(C)C4=O)cc2)=N1. The Morgan fingerprint density at radius 3 is 2.64 bits per heavy atom. The summed E-state index contributed by atoms with van der Waals surface area (Å²) >= 11 is 0. The summed E-state index contributed by atoms with van der Waals surface area (Å²) in [5.41, 5.74) is 3.58. The van der Waals surface area contributed by atoms with Crippen molar-refractivity contribution in [3.63, 3.8) is 0 Å². The van der Waals surface area contributed by atoms with E-state index in [1.807, 2.05) is 66.2 Å². The standard InChI is InChI=1S/C30H30FN7O/c1-18-11-16-22(31)26(32-18)20-14-12-19(13-15-20)17-37-28-25(27(35-37)33-21-7-4-3-5-8-21)29(39)36(2)30-34-23-9-6-10-24(23)38(28)30/h3-5,7-8,12-16,18,23-24H,6,9-11,17H2,1-2H3,(H,33,35)/t18?,23-,24+/m1/s1. The second-order valence-corrected chi connectivity index (χ2v) is 10.7. The number of guanidine groups is 1. The van der Waals surface area contributed by atoms with Gasteiger partial charge in [-0.3, -0.25) is 19.6 Å². The van der Waals surface area contributed by atoms with Crippen LogP contribution in [0, 0.1) is 0 Å². The summed E-state index contributed by atoms with van der Waals surface area (Å²) < 4.78 is 16.4. The molecule has 9 heteroatoms. The van der Waals surface area contributed by atoms with Gasteiger partial charge in [-0.25, -0.2) is 14.1 Å². The molecule has 1 aromatic heterocycles. The van der Waals surface area contributed by atoms with E-state index in [1.54, 1.807) is 18.0 Å². The van der Waals surface area contributed by atoms with Crippen LogP contribution in [-0.2, 0) is 6.54 Å². The lowest BCUT2D eigenvalue weighted by atomic mass is 10.0. The molecule has 39 heavy (non-hydrogen) atoms. The smallest absolute Gasteiger partial charge is 0.267 e. The number of aliphatic imine (C=N–C) groups is 2. The van der Waals surface area contributed by atoms with Gasteiger partial charge in [0.15, 0.2) is 5.82 Å². The molecule has 0 bridgehead atoms. The number of anilines is 3. The number of hydrogen-bond acceptors (Lipinski definition) is 6. The van der Waals surface area contributed by atoms with Crippen molar-refractivity contribution in [3.05, 3.63) is 83.2 Å². The number of hydrogen-bond donors (Lipinski definition) is 1.